The standard InChI is InChI=1S/C13H18FN3O2/c1-9-4-12(15)8-16(6-9)7-10-5-11(14)2-3-13(10)17(18)19/h2-3,5,9,12H,4,6-8,15H2,1H3. The van der Waals surface area contributed by atoms with Crippen molar-refractivity contribution >= 4 is 5.69 Å². The Hall–Kier alpha value is -1.53. The first-order chi connectivity index (χ1) is 8.95. The molecule has 1 heterocycles. The van der Waals surface area contributed by atoms with Crippen LogP contribution in [0.5, 0.6) is 0 Å². The van der Waals surface area contributed by atoms with Gasteiger partial charge >= 0.3 is 0 Å². The zero-order valence-electron chi connectivity index (χ0n) is 10.9. The number of hydrogen-bond acceptors (Lipinski definition) is 4. The summed E-state index contributed by atoms with van der Waals surface area (Å²) in [7, 11) is 0. The molecule has 2 N–H and O–H groups in total. The average Bonchev–Trinajstić information content (AvgIpc) is 2.26. The molecule has 1 fully saturated rings. The third-order valence-electron chi connectivity index (χ3n) is 3.40. The van der Waals surface area contributed by atoms with Gasteiger partial charge in [-0.2, -0.15) is 0 Å². The van der Waals surface area contributed by atoms with E-state index in [1.807, 2.05) is 0 Å². The lowest BCUT2D eigenvalue weighted by atomic mass is 9.96. The van der Waals surface area contributed by atoms with Crippen LogP contribution < -0.4 is 5.73 Å². The Morgan fingerprint density at radius 2 is 2.26 bits per heavy atom. The molecule has 1 aliphatic heterocycles. The van der Waals surface area contributed by atoms with Gasteiger partial charge in [-0.1, -0.05) is 6.92 Å². The van der Waals surface area contributed by atoms with E-state index in [0.717, 1.165) is 19.0 Å². The summed E-state index contributed by atoms with van der Waals surface area (Å²) in [4.78, 5) is 12.5. The third-order valence-corrected chi connectivity index (χ3v) is 3.40. The second-order valence-electron chi connectivity index (χ2n) is 5.33. The zero-order valence-corrected chi connectivity index (χ0v) is 10.9. The van der Waals surface area contributed by atoms with Crippen LogP contribution in [-0.4, -0.2) is 29.0 Å². The van der Waals surface area contributed by atoms with E-state index in [9.17, 15) is 14.5 Å². The van der Waals surface area contributed by atoms with Gasteiger partial charge in [-0.3, -0.25) is 15.0 Å². The van der Waals surface area contributed by atoms with Gasteiger partial charge in [0.15, 0.2) is 0 Å². The molecule has 0 spiro atoms. The van der Waals surface area contributed by atoms with Crippen LogP contribution in [-0.2, 0) is 6.54 Å². The zero-order chi connectivity index (χ0) is 14.0. The van der Waals surface area contributed by atoms with Gasteiger partial charge < -0.3 is 5.73 Å². The Morgan fingerprint density at radius 3 is 2.89 bits per heavy atom. The maximum absolute atomic E-state index is 13.3. The second kappa shape index (κ2) is 5.63. The van der Waals surface area contributed by atoms with Crippen molar-refractivity contribution in [2.75, 3.05) is 13.1 Å². The number of hydrogen-bond donors (Lipinski definition) is 1. The maximum atomic E-state index is 13.3. The van der Waals surface area contributed by atoms with Crippen molar-refractivity contribution in [1.29, 1.82) is 0 Å². The van der Waals surface area contributed by atoms with Gasteiger partial charge in [0.2, 0.25) is 0 Å². The summed E-state index contributed by atoms with van der Waals surface area (Å²) in [5, 5.41) is 10.9. The van der Waals surface area contributed by atoms with Gasteiger partial charge in [-0.15, -0.1) is 0 Å². The number of likely N-dealkylation sites (tertiary alicyclic amines) is 1. The second-order valence-corrected chi connectivity index (χ2v) is 5.33. The highest BCUT2D eigenvalue weighted by molar-refractivity contribution is 5.40. The Kier molecular flexibility index (Phi) is 4.11. The predicted octanol–water partition coefficient (Wildman–Crippen LogP) is 1.90. The number of halogens is 1. The highest BCUT2D eigenvalue weighted by atomic mass is 19.1. The summed E-state index contributed by atoms with van der Waals surface area (Å²) >= 11 is 0. The molecule has 1 aromatic rings. The van der Waals surface area contributed by atoms with Crippen molar-refractivity contribution < 1.29 is 9.31 Å². The van der Waals surface area contributed by atoms with Crippen LogP contribution in [0.2, 0.25) is 0 Å². The number of benzene rings is 1. The van der Waals surface area contributed by atoms with Gasteiger partial charge in [-0.05, 0) is 24.5 Å². The summed E-state index contributed by atoms with van der Waals surface area (Å²) in [5.41, 5.74) is 6.32. The summed E-state index contributed by atoms with van der Waals surface area (Å²) < 4.78 is 13.3. The van der Waals surface area contributed by atoms with Crippen molar-refractivity contribution in [3.05, 3.63) is 39.7 Å². The molecular formula is C13H18FN3O2. The first-order valence-electron chi connectivity index (χ1n) is 6.36. The molecule has 104 valence electrons. The Morgan fingerprint density at radius 1 is 1.53 bits per heavy atom. The molecule has 0 amide bonds. The van der Waals surface area contributed by atoms with Crippen molar-refractivity contribution in [1.82, 2.24) is 4.90 Å². The molecule has 2 unspecified atom stereocenters. The number of piperidine rings is 1. The monoisotopic (exact) mass is 267 g/mol. The average molecular weight is 267 g/mol. The molecule has 5 nitrogen and oxygen atoms in total. The van der Waals surface area contributed by atoms with Crippen molar-refractivity contribution in [3.8, 4) is 0 Å². The number of nitrogens with two attached hydrogens (primary N) is 1. The van der Waals surface area contributed by atoms with E-state index in [0.29, 0.717) is 24.6 Å². The number of nitro benzene ring substituents is 1. The number of nitrogens with zero attached hydrogens (tertiary/aromatic N) is 2. The van der Waals surface area contributed by atoms with Gasteiger partial charge in [0.25, 0.3) is 5.69 Å². The van der Waals surface area contributed by atoms with Crippen LogP contribution >= 0.6 is 0 Å². The van der Waals surface area contributed by atoms with Crippen molar-refractivity contribution in [2.45, 2.75) is 25.9 Å². The van der Waals surface area contributed by atoms with Gasteiger partial charge in [0.05, 0.1) is 4.92 Å². The minimum atomic E-state index is -0.470. The van der Waals surface area contributed by atoms with E-state index in [4.69, 9.17) is 5.73 Å². The van der Waals surface area contributed by atoms with Crippen LogP contribution in [0.25, 0.3) is 0 Å². The predicted molar refractivity (Wildman–Crippen MR) is 70.1 cm³/mol. The Balaban J connectivity index is 2.18. The molecule has 1 saturated heterocycles. The minimum Gasteiger partial charge on any atom is -0.327 e. The van der Waals surface area contributed by atoms with Crippen molar-refractivity contribution in [3.63, 3.8) is 0 Å². The van der Waals surface area contributed by atoms with E-state index in [1.54, 1.807) is 0 Å². The quantitative estimate of drug-likeness (QED) is 0.670. The van der Waals surface area contributed by atoms with Gasteiger partial charge in [0.1, 0.15) is 5.82 Å². The van der Waals surface area contributed by atoms with E-state index in [-0.39, 0.29) is 11.7 Å². The van der Waals surface area contributed by atoms with Gasteiger partial charge in [-0.25, -0.2) is 4.39 Å². The summed E-state index contributed by atoms with van der Waals surface area (Å²) in [6.45, 7) is 4.00. The Bertz CT molecular complexity index is 471. The highest BCUT2D eigenvalue weighted by Gasteiger charge is 2.24. The summed E-state index contributed by atoms with van der Waals surface area (Å²) in [5.74, 6) is 0.00585. The molecule has 0 bridgehead atoms. The highest BCUT2D eigenvalue weighted by Crippen LogP contribution is 2.24. The van der Waals surface area contributed by atoms with Crippen LogP contribution in [0.1, 0.15) is 18.9 Å². The lowest BCUT2D eigenvalue weighted by Crippen LogP contribution is -2.45. The molecular weight excluding hydrogens is 249 g/mol. The fraction of sp³-hybridized carbons (Fsp3) is 0.538. The summed E-state index contributed by atoms with van der Waals surface area (Å²) in [6.07, 6.45) is 0.960. The minimum absolute atomic E-state index is 0.0341. The Labute approximate surface area is 111 Å². The van der Waals surface area contributed by atoms with Crippen LogP contribution in [0.4, 0.5) is 10.1 Å². The normalized spacial score (nSPS) is 24.4. The third kappa shape index (κ3) is 3.48. The van der Waals surface area contributed by atoms with E-state index < -0.39 is 10.7 Å². The van der Waals surface area contributed by atoms with E-state index >= 15 is 0 Å². The number of nitro groups is 1. The van der Waals surface area contributed by atoms with Crippen LogP contribution in [0, 0.1) is 21.8 Å². The molecule has 1 aliphatic rings. The molecule has 1 aromatic carbocycles. The lowest BCUT2D eigenvalue weighted by molar-refractivity contribution is -0.385. The number of rotatable bonds is 3. The largest absolute Gasteiger partial charge is 0.327 e. The molecule has 2 atom stereocenters. The van der Waals surface area contributed by atoms with Crippen LogP contribution in [0.15, 0.2) is 18.2 Å². The topological polar surface area (TPSA) is 72.4 Å². The molecule has 0 radical (unpaired) electrons. The van der Waals surface area contributed by atoms with Crippen molar-refractivity contribution in [2.24, 2.45) is 11.7 Å². The fourth-order valence-corrected chi connectivity index (χ4v) is 2.74. The van der Waals surface area contributed by atoms with E-state index in [1.165, 1.54) is 12.1 Å². The molecule has 6 heteroatoms. The first kappa shape index (κ1) is 13.9. The lowest BCUT2D eigenvalue weighted by Gasteiger charge is -2.34. The smallest absolute Gasteiger partial charge is 0.274 e. The maximum Gasteiger partial charge on any atom is 0.274 e. The molecule has 0 saturated carbocycles. The summed E-state index contributed by atoms with van der Waals surface area (Å²) in [6, 6.07) is 3.66. The van der Waals surface area contributed by atoms with E-state index in [2.05, 4.69) is 11.8 Å². The SMILES string of the molecule is CC1CC(N)CN(Cc2cc(F)ccc2[N+](=O)[O-])C1. The van der Waals surface area contributed by atoms with Crippen LogP contribution in [0.3, 0.4) is 0 Å². The molecule has 19 heavy (non-hydrogen) atoms. The van der Waals surface area contributed by atoms with Gasteiger partial charge in [0, 0.05) is 37.3 Å². The first-order valence-corrected chi connectivity index (χ1v) is 6.36. The molecule has 0 aliphatic carbocycles. The fourth-order valence-electron chi connectivity index (χ4n) is 2.74. The molecule has 0 aromatic heterocycles. The molecule has 2 rings (SSSR count).